The lowest BCUT2D eigenvalue weighted by Crippen LogP contribution is -2.44. The van der Waals surface area contributed by atoms with Gasteiger partial charge >= 0.3 is 0 Å². The van der Waals surface area contributed by atoms with Gasteiger partial charge in [0.05, 0.1) is 30.9 Å². The number of aromatic nitrogens is 1. The van der Waals surface area contributed by atoms with Crippen molar-refractivity contribution in [2.75, 3.05) is 51.4 Å². The first-order chi connectivity index (χ1) is 18.1. The summed E-state index contributed by atoms with van der Waals surface area (Å²) in [5.74, 6) is 1.66. The first-order valence-electron chi connectivity index (χ1n) is 12.6. The van der Waals surface area contributed by atoms with Gasteiger partial charge in [0.2, 0.25) is 5.91 Å². The highest BCUT2D eigenvalue weighted by molar-refractivity contribution is 7.22. The summed E-state index contributed by atoms with van der Waals surface area (Å²) in [4.78, 5) is 23.7. The van der Waals surface area contributed by atoms with E-state index in [1.54, 1.807) is 18.4 Å². The smallest absolute Gasteiger partial charge is 0.241 e. The fourth-order valence-corrected chi connectivity index (χ4v) is 6.16. The summed E-state index contributed by atoms with van der Waals surface area (Å²) in [5, 5.41) is 0.683. The molecule has 7 nitrogen and oxygen atoms in total. The molecule has 0 radical (unpaired) electrons. The van der Waals surface area contributed by atoms with Crippen LogP contribution in [-0.2, 0) is 9.53 Å². The largest absolute Gasteiger partial charge is 0.494 e. The summed E-state index contributed by atoms with van der Waals surface area (Å²) < 4.78 is 18.3. The maximum atomic E-state index is 14.6. The summed E-state index contributed by atoms with van der Waals surface area (Å²) in [6.45, 7) is 6.48. The van der Waals surface area contributed by atoms with E-state index in [9.17, 15) is 4.79 Å². The van der Waals surface area contributed by atoms with Crippen molar-refractivity contribution < 1.29 is 19.0 Å². The number of amides is 1. The molecule has 0 saturated carbocycles. The van der Waals surface area contributed by atoms with Crippen molar-refractivity contribution in [1.82, 2.24) is 9.88 Å². The van der Waals surface area contributed by atoms with Crippen LogP contribution in [0.15, 0.2) is 60.7 Å². The van der Waals surface area contributed by atoms with Gasteiger partial charge in [-0.05, 0) is 30.7 Å². The molecule has 1 fully saturated rings. The molecule has 0 aliphatic carbocycles. The van der Waals surface area contributed by atoms with Crippen molar-refractivity contribution >= 4 is 32.6 Å². The maximum Gasteiger partial charge on any atom is 0.241 e. The predicted octanol–water partition coefficient (Wildman–Crippen LogP) is 5.22. The minimum atomic E-state index is -0.485. The zero-order valence-corrected chi connectivity index (χ0v) is 21.8. The molecule has 0 N–H and O–H groups in total. The van der Waals surface area contributed by atoms with Crippen LogP contribution in [0.4, 0.5) is 5.13 Å². The second-order valence-electron chi connectivity index (χ2n) is 9.31. The Morgan fingerprint density at radius 3 is 2.41 bits per heavy atom. The number of benzene rings is 3. The number of thiazole rings is 1. The van der Waals surface area contributed by atoms with Crippen LogP contribution >= 0.6 is 11.3 Å². The van der Waals surface area contributed by atoms with Crippen LogP contribution in [0.5, 0.6) is 17.2 Å². The SMILES string of the molecule is COc1ccc(C)c2sc(N(CCN3CCOCC3)C(=O)C3c4ccccc4Oc4ccccc43)nc12. The Kier molecular flexibility index (Phi) is 6.54. The van der Waals surface area contributed by atoms with Crippen LogP contribution in [0, 0.1) is 6.92 Å². The molecule has 4 aromatic rings. The maximum absolute atomic E-state index is 14.6. The lowest BCUT2D eigenvalue weighted by atomic mass is 9.87. The topological polar surface area (TPSA) is 64.1 Å². The number of methoxy groups -OCH3 is 1. The molecular weight excluding hydrogens is 486 g/mol. The van der Waals surface area contributed by atoms with Gasteiger partial charge < -0.3 is 14.2 Å². The van der Waals surface area contributed by atoms with E-state index in [-0.39, 0.29) is 5.91 Å². The van der Waals surface area contributed by atoms with E-state index in [1.165, 1.54) is 0 Å². The summed E-state index contributed by atoms with van der Waals surface area (Å²) in [6.07, 6.45) is 0. The Labute approximate surface area is 220 Å². The zero-order valence-electron chi connectivity index (χ0n) is 21.0. The number of morpholine rings is 1. The second kappa shape index (κ2) is 10.1. The van der Waals surface area contributed by atoms with Crippen molar-refractivity contribution in [2.24, 2.45) is 0 Å². The predicted molar refractivity (Wildman–Crippen MR) is 145 cm³/mol. The summed E-state index contributed by atoms with van der Waals surface area (Å²) in [6, 6.07) is 19.6. The van der Waals surface area contributed by atoms with E-state index in [4.69, 9.17) is 19.2 Å². The highest BCUT2D eigenvalue weighted by Gasteiger charge is 2.37. The fraction of sp³-hybridized carbons (Fsp3) is 0.310. The van der Waals surface area contributed by atoms with Gasteiger partial charge in [0.1, 0.15) is 22.8 Å². The molecule has 1 aromatic heterocycles. The van der Waals surface area contributed by atoms with E-state index in [0.717, 1.165) is 58.0 Å². The fourth-order valence-electron chi connectivity index (χ4n) is 5.08. The lowest BCUT2D eigenvalue weighted by Gasteiger charge is -2.33. The quantitative estimate of drug-likeness (QED) is 0.351. The van der Waals surface area contributed by atoms with Crippen molar-refractivity contribution in [2.45, 2.75) is 12.8 Å². The molecule has 6 rings (SSSR count). The highest BCUT2D eigenvalue weighted by atomic mass is 32.1. The van der Waals surface area contributed by atoms with Gasteiger partial charge in [-0.25, -0.2) is 4.98 Å². The number of para-hydroxylation sites is 2. The molecule has 2 aliphatic rings. The summed E-state index contributed by atoms with van der Waals surface area (Å²) in [5.41, 5.74) is 3.65. The van der Waals surface area contributed by atoms with Gasteiger partial charge in [-0.2, -0.15) is 0 Å². The van der Waals surface area contributed by atoms with Gasteiger partial charge in [0.25, 0.3) is 0 Å². The number of aryl methyl sites for hydroxylation is 1. The van der Waals surface area contributed by atoms with E-state index >= 15 is 0 Å². The van der Waals surface area contributed by atoms with Gasteiger partial charge in [-0.15, -0.1) is 0 Å². The summed E-state index contributed by atoms with van der Waals surface area (Å²) in [7, 11) is 1.65. The molecule has 1 amide bonds. The normalized spacial score (nSPS) is 15.6. The Bertz CT molecular complexity index is 1400. The third-order valence-corrected chi connectivity index (χ3v) is 8.29. The van der Waals surface area contributed by atoms with Crippen LogP contribution in [0.1, 0.15) is 22.6 Å². The Morgan fingerprint density at radius 2 is 1.73 bits per heavy atom. The Morgan fingerprint density at radius 1 is 1.05 bits per heavy atom. The molecule has 3 heterocycles. The average Bonchev–Trinajstić information content (AvgIpc) is 3.38. The Hall–Kier alpha value is -3.46. The third-order valence-electron chi connectivity index (χ3n) is 7.08. The monoisotopic (exact) mass is 515 g/mol. The van der Waals surface area contributed by atoms with Crippen LogP contribution < -0.4 is 14.4 Å². The molecule has 0 bridgehead atoms. The van der Waals surface area contributed by atoms with Gasteiger partial charge in [0, 0.05) is 37.3 Å². The minimum absolute atomic E-state index is 0.00728. The van der Waals surface area contributed by atoms with Gasteiger partial charge in [0.15, 0.2) is 5.13 Å². The van der Waals surface area contributed by atoms with Crippen molar-refractivity contribution in [3.8, 4) is 17.2 Å². The third kappa shape index (κ3) is 4.45. The molecule has 2 aliphatic heterocycles. The molecule has 190 valence electrons. The highest BCUT2D eigenvalue weighted by Crippen LogP contribution is 2.46. The number of nitrogens with zero attached hydrogens (tertiary/aromatic N) is 3. The number of fused-ring (bicyclic) bond motifs is 3. The number of hydrogen-bond acceptors (Lipinski definition) is 7. The number of carbonyl (C=O) groups is 1. The van der Waals surface area contributed by atoms with Crippen LogP contribution in [0.3, 0.4) is 0 Å². The van der Waals surface area contributed by atoms with Gasteiger partial charge in [-0.3, -0.25) is 14.6 Å². The molecule has 1 saturated heterocycles. The standard InChI is InChI=1S/C29H29N3O4S/c1-19-11-12-24(34-2)26-27(19)37-29(30-26)32(14-13-31-15-17-35-18-16-31)28(33)25-20-7-3-5-9-22(20)36-23-10-6-4-8-21(23)25/h3-12,25H,13-18H2,1-2H3. The lowest BCUT2D eigenvalue weighted by molar-refractivity contribution is -0.119. The average molecular weight is 516 g/mol. The van der Waals surface area contributed by atoms with Crippen LogP contribution in [0.25, 0.3) is 10.2 Å². The minimum Gasteiger partial charge on any atom is -0.494 e. The van der Waals surface area contributed by atoms with Gasteiger partial charge in [-0.1, -0.05) is 53.8 Å². The number of hydrogen-bond donors (Lipinski definition) is 0. The zero-order chi connectivity index (χ0) is 25.4. The first kappa shape index (κ1) is 23.9. The van der Waals surface area contributed by atoms with Crippen LogP contribution in [0.2, 0.25) is 0 Å². The molecule has 3 aromatic carbocycles. The number of anilines is 1. The first-order valence-corrected chi connectivity index (χ1v) is 13.4. The number of ether oxygens (including phenoxy) is 3. The van der Waals surface area contributed by atoms with Crippen molar-refractivity contribution in [3.63, 3.8) is 0 Å². The second-order valence-corrected chi connectivity index (χ2v) is 10.3. The van der Waals surface area contributed by atoms with E-state index < -0.39 is 5.92 Å². The van der Waals surface area contributed by atoms with E-state index in [0.29, 0.717) is 30.6 Å². The van der Waals surface area contributed by atoms with Crippen molar-refractivity contribution in [1.29, 1.82) is 0 Å². The molecule has 37 heavy (non-hydrogen) atoms. The molecule has 0 unspecified atom stereocenters. The molecule has 0 atom stereocenters. The number of rotatable bonds is 6. The van der Waals surface area contributed by atoms with E-state index in [2.05, 4.69) is 11.8 Å². The van der Waals surface area contributed by atoms with Crippen LogP contribution in [-0.4, -0.2) is 62.3 Å². The Balaban J connectivity index is 1.44. The molecule has 8 heteroatoms. The van der Waals surface area contributed by atoms with Crippen molar-refractivity contribution in [3.05, 3.63) is 77.4 Å². The molecular formula is C29H29N3O4S. The molecule has 0 spiro atoms. The number of carbonyl (C=O) groups excluding carboxylic acids is 1. The van der Waals surface area contributed by atoms with E-state index in [1.807, 2.05) is 65.6 Å². The summed E-state index contributed by atoms with van der Waals surface area (Å²) >= 11 is 1.54.